The normalized spacial score (nSPS) is 18.8. The van der Waals surface area contributed by atoms with Gasteiger partial charge in [-0.3, -0.25) is 4.79 Å². The second kappa shape index (κ2) is 6.94. The largest absolute Gasteiger partial charge is 0.493 e. The van der Waals surface area contributed by atoms with E-state index in [1.807, 2.05) is 32.0 Å². The first-order chi connectivity index (χ1) is 10.0. The third-order valence-electron chi connectivity index (χ3n) is 3.86. The summed E-state index contributed by atoms with van der Waals surface area (Å²) in [4.78, 5) is 11.9. The fourth-order valence-corrected chi connectivity index (χ4v) is 2.55. The maximum absolute atomic E-state index is 11.9. The van der Waals surface area contributed by atoms with Crippen molar-refractivity contribution >= 4 is 5.91 Å². The van der Waals surface area contributed by atoms with Crippen LogP contribution in [0.25, 0.3) is 0 Å². The lowest BCUT2D eigenvalue weighted by molar-refractivity contribution is -0.124. The molecule has 0 saturated heterocycles. The summed E-state index contributed by atoms with van der Waals surface area (Å²) in [6, 6.07) is 5.75. The fraction of sp³-hybridized carbons (Fsp3) is 0.588. The van der Waals surface area contributed by atoms with Crippen molar-refractivity contribution in [3.05, 3.63) is 29.3 Å². The predicted octanol–water partition coefficient (Wildman–Crippen LogP) is 3.12. The summed E-state index contributed by atoms with van der Waals surface area (Å²) >= 11 is 0. The Morgan fingerprint density at radius 2 is 2.24 bits per heavy atom. The minimum atomic E-state index is -0.455. The van der Waals surface area contributed by atoms with Gasteiger partial charge in [-0.05, 0) is 24.1 Å². The second-order valence-corrected chi connectivity index (χ2v) is 5.95. The Morgan fingerprint density at radius 1 is 1.48 bits per heavy atom. The lowest BCUT2D eigenvalue weighted by Crippen LogP contribution is -2.34. The quantitative estimate of drug-likeness (QED) is 0.876. The van der Waals surface area contributed by atoms with Gasteiger partial charge < -0.3 is 15.2 Å². The fourth-order valence-electron chi connectivity index (χ4n) is 2.55. The van der Waals surface area contributed by atoms with Crippen molar-refractivity contribution in [2.24, 2.45) is 5.92 Å². The molecule has 0 radical (unpaired) electrons. The number of aliphatic hydroxyl groups excluding tert-OH is 1. The molecular weight excluding hydrogens is 266 g/mol. The Labute approximate surface area is 126 Å². The third-order valence-corrected chi connectivity index (χ3v) is 3.86. The number of aliphatic hydroxyl groups is 1. The van der Waals surface area contributed by atoms with Crippen LogP contribution in [0.15, 0.2) is 18.2 Å². The summed E-state index contributed by atoms with van der Waals surface area (Å²) in [5, 5.41) is 13.2. The zero-order valence-electron chi connectivity index (χ0n) is 13.1. The van der Waals surface area contributed by atoms with Crippen LogP contribution < -0.4 is 10.1 Å². The number of carbonyl (C=O) groups excluding carboxylic acids is 1. The van der Waals surface area contributed by atoms with Crippen LogP contribution in [0.1, 0.15) is 63.3 Å². The first-order valence-electron chi connectivity index (χ1n) is 7.78. The summed E-state index contributed by atoms with van der Waals surface area (Å²) in [6.45, 7) is 6.43. The van der Waals surface area contributed by atoms with Crippen LogP contribution in [0.4, 0.5) is 0 Å². The molecule has 2 unspecified atom stereocenters. The summed E-state index contributed by atoms with van der Waals surface area (Å²) in [6.07, 6.45) is 1.98. The number of benzene rings is 1. The van der Waals surface area contributed by atoms with Gasteiger partial charge in [0.25, 0.3) is 0 Å². The van der Waals surface area contributed by atoms with E-state index in [1.54, 1.807) is 0 Å². The molecule has 1 aromatic carbocycles. The highest BCUT2D eigenvalue weighted by Gasteiger charge is 2.25. The standard InChI is InChI=1S/C17H25NO3/c1-4-5-15(19)12-6-7-16-13(10-12)14(8-9-21-16)18-17(20)11(2)3/h6-7,10-11,14-15,19H,4-5,8-9H2,1-3H3,(H,18,20). The molecule has 1 aliphatic heterocycles. The average Bonchev–Trinajstić information content (AvgIpc) is 2.47. The summed E-state index contributed by atoms with van der Waals surface area (Å²) in [7, 11) is 0. The van der Waals surface area contributed by atoms with E-state index in [0.717, 1.165) is 36.1 Å². The van der Waals surface area contributed by atoms with Crippen LogP contribution in [0, 0.1) is 5.92 Å². The van der Waals surface area contributed by atoms with Crippen LogP contribution >= 0.6 is 0 Å². The van der Waals surface area contributed by atoms with E-state index >= 15 is 0 Å². The maximum atomic E-state index is 11.9. The summed E-state index contributed by atoms with van der Waals surface area (Å²) in [5.74, 6) is 0.820. The zero-order valence-corrected chi connectivity index (χ0v) is 13.1. The van der Waals surface area contributed by atoms with Crippen molar-refractivity contribution in [2.45, 2.75) is 52.2 Å². The van der Waals surface area contributed by atoms with Gasteiger partial charge in [0, 0.05) is 17.9 Å². The Bertz CT molecular complexity index is 499. The SMILES string of the molecule is CCCC(O)c1ccc2c(c1)C(NC(=O)C(C)C)CCO2. The molecule has 0 fully saturated rings. The van der Waals surface area contributed by atoms with Crippen molar-refractivity contribution in [3.63, 3.8) is 0 Å². The van der Waals surface area contributed by atoms with Crippen LogP contribution in [-0.2, 0) is 4.79 Å². The van der Waals surface area contributed by atoms with Crippen LogP contribution in [-0.4, -0.2) is 17.6 Å². The molecule has 116 valence electrons. The number of hydrogen-bond donors (Lipinski definition) is 2. The molecular formula is C17H25NO3. The highest BCUT2D eigenvalue weighted by molar-refractivity contribution is 5.78. The number of hydrogen-bond acceptors (Lipinski definition) is 3. The summed E-state index contributed by atoms with van der Waals surface area (Å²) in [5.41, 5.74) is 1.87. The Morgan fingerprint density at radius 3 is 2.90 bits per heavy atom. The van der Waals surface area contributed by atoms with Gasteiger partial charge in [-0.1, -0.05) is 33.3 Å². The smallest absolute Gasteiger partial charge is 0.223 e. The van der Waals surface area contributed by atoms with Crippen LogP contribution in [0.5, 0.6) is 5.75 Å². The summed E-state index contributed by atoms with van der Waals surface area (Å²) < 4.78 is 5.66. The molecule has 2 atom stereocenters. The molecule has 2 N–H and O–H groups in total. The van der Waals surface area contributed by atoms with Crippen molar-refractivity contribution in [1.29, 1.82) is 0 Å². The lowest BCUT2D eigenvalue weighted by atomic mass is 9.95. The van der Waals surface area contributed by atoms with Gasteiger partial charge in [-0.25, -0.2) is 0 Å². The minimum absolute atomic E-state index is 0.0302. The van der Waals surface area contributed by atoms with E-state index in [4.69, 9.17) is 4.74 Å². The Balaban J connectivity index is 2.23. The lowest BCUT2D eigenvalue weighted by Gasteiger charge is -2.28. The molecule has 21 heavy (non-hydrogen) atoms. The molecule has 1 aliphatic rings. The molecule has 1 heterocycles. The van der Waals surface area contributed by atoms with E-state index < -0.39 is 6.10 Å². The first-order valence-corrected chi connectivity index (χ1v) is 7.78. The molecule has 0 bridgehead atoms. The number of ether oxygens (including phenoxy) is 1. The van der Waals surface area contributed by atoms with Gasteiger partial charge in [0.1, 0.15) is 5.75 Å². The van der Waals surface area contributed by atoms with E-state index in [9.17, 15) is 9.90 Å². The van der Waals surface area contributed by atoms with E-state index in [2.05, 4.69) is 12.2 Å². The van der Waals surface area contributed by atoms with Crippen molar-refractivity contribution in [2.75, 3.05) is 6.61 Å². The third kappa shape index (κ3) is 3.76. The van der Waals surface area contributed by atoms with Crippen molar-refractivity contribution < 1.29 is 14.6 Å². The number of amides is 1. The van der Waals surface area contributed by atoms with Gasteiger partial charge in [-0.15, -0.1) is 0 Å². The van der Waals surface area contributed by atoms with E-state index in [1.165, 1.54) is 0 Å². The van der Waals surface area contributed by atoms with Gasteiger partial charge in [0.15, 0.2) is 0 Å². The molecule has 0 saturated carbocycles. The molecule has 0 aromatic heterocycles. The average molecular weight is 291 g/mol. The minimum Gasteiger partial charge on any atom is -0.493 e. The molecule has 0 spiro atoms. The van der Waals surface area contributed by atoms with E-state index in [-0.39, 0.29) is 17.9 Å². The van der Waals surface area contributed by atoms with Gasteiger partial charge in [-0.2, -0.15) is 0 Å². The van der Waals surface area contributed by atoms with E-state index in [0.29, 0.717) is 6.61 Å². The Hall–Kier alpha value is -1.55. The van der Waals surface area contributed by atoms with Crippen molar-refractivity contribution in [3.8, 4) is 5.75 Å². The topological polar surface area (TPSA) is 58.6 Å². The Kier molecular flexibility index (Phi) is 5.23. The molecule has 2 rings (SSSR count). The number of fused-ring (bicyclic) bond motifs is 1. The van der Waals surface area contributed by atoms with Gasteiger partial charge in [0.2, 0.25) is 5.91 Å². The van der Waals surface area contributed by atoms with Crippen LogP contribution in [0.3, 0.4) is 0 Å². The monoisotopic (exact) mass is 291 g/mol. The number of rotatable bonds is 5. The molecule has 1 aromatic rings. The van der Waals surface area contributed by atoms with Gasteiger partial charge in [0.05, 0.1) is 18.8 Å². The maximum Gasteiger partial charge on any atom is 0.223 e. The molecule has 4 nitrogen and oxygen atoms in total. The van der Waals surface area contributed by atoms with Crippen molar-refractivity contribution in [1.82, 2.24) is 5.32 Å². The predicted molar refractivity (Wildman–Crippen MR) is 82.1 cm³/mol. The zero-order chi connectivity index (χ0) is 15.4. The number of nitrogens with one attached hydrogen (secondary N) is 1. The highest BCUT2D eigenvalue weighted by atomic mass is 16.5. The molecule has 1 amide bonds. The number of carbonyl (C=O) groups is 1. The second-order valence-electron chi connectivity index (χ2n) is 5.95. The molecule has 0 aliphatic carbocycles. The molecule has 4 heteroatoms. The van der Waals surface area contributed by atoms with Gasteiger partial charge >= 0.3 is 0 Å². The van der Waals surface area contributed by atoms with Crippen LogP contribution in [0.2, 0.25) is 0 Å². The highest BCUT2D eigenvalue weighted by Crippen LogP contribution is 2.34. The first kappa shape index (κ1) is 15.8.